The van der Waals surface area contributed by atoms with Crippen molar-refractivity contribution in [1.29, 1.82) is 0 Å². The van der Waals surface area contributed by atoms with Crippen LogP contribution in [0.3, 0.4) is 0 Å². The van der Waals surface area contributed by atoms with Gasteiger partial charge in [0, 0.05) is 24.5 Å². The summed E-state index contributed by atoms with van der Waals surface area (Å²) in [7, 11) is 1.85. The number of alkyl halides is 3. The van der Waals surface area contributed by atoms with E-state index in [1.807, 2.05) is 67.0 Å². The highest BCUT2D eigenvalue weighted by atomic mass is 19.4. The Labute approximate surface area is 212 Å². The minimum absolute atomic E-state index is 0.0503. The fraction of sp³-hybridized carbons (Fsp3) is 0.179. The lowest BCUT2D eigenvalue weighted by Gasteiger charge is -2.15. The van der Waals surface area contributed by atoms with E-state index in [1.165, 1.54) is 6.07 Å². The number of fused-ring (bicyclic) bond motifs is 1. The van der Waals surface area contributed by atoms with Crippen LogP contribution in [0.15, 0.2) is 85.2 Å². The van der Waals surface area contributed by atoms with Crippen LogP contribution in [0.2, 0.25) is 0 Å². The summed E-state index contributed by atoms with van der Waals surface area (Å²) in [5, 5.41) is 6.42. The smallest absolute Gasteiger partial charge is 0.348 e. The first-order chi connectivity index (χ1) is 17.8. The van der Waals surface area contributed by atoms with Gasteiger partial charge in [-0.05, 0) is 55.4 Å². The second kappa shape index (κ2) is 10.0. The Balaban J connectivity index is 1.63. The average Bonchev–Trinajstić information content (AvgIpc) is 3.28. The van der Waals surface area contributed by atoms with E-state index in [9.17, 15) is 13.2 Å². The van der Waals surface area contributed by atoms with E-state index < -0.39 is 11.7 Å². The van der Waals surface area contributed by atoms with Gasteiger partial charge in [0.25, 0.3) is 0 Å². The SMILES string of the molecule is CNCc1ccn2c(-c3ccnc(N[C@H](C)c4ccccc4)n3)c(-c3cccc(C(F)(F)F)c3)nc2c1. The van der Waals surface area contributed by atoms with Crippen LogP contribution in [0.25, 0.3) is 28.3 Å². The van der Waals surface area contributed by atoms with Gasteiger partial charge in [-0.25, -0.2) is 15.0 Å². The second-order valence-corrected chi connectivity index (χ2v) is 8.72. The molecule has 5 aromatic rings. The first-order valence-electron chi connectivity index (χ1n) is 11.8. The zero-order valence-corrected chi connectivity index (χ0v) is 20.3. The first-order valence-corrected chi connectivity index (χ1v) is 11.8. The summed E-state index contributed by atoms with van der Waals surface area (Å²) in [6.07, 6.45) is -0.967. The van der Waals surface area contributed by atoms with Crippen molar-refractivity contribution in [2.45, 2.75) is 25.7 Å². The number of pyridine rings is 1. The number of imidazole rings is 1. The fourth-order valence-corrected chi connectivity index (χ4v) is 4.27. The van der Waals surface area contributed by atoms with Crippen LogP contribution in [-0.4, -0.2) is 26.4 Å². The Morgan fingerprint density at radius 2 is 1.76 bits per heavy atom. The molecule has 0 aliphatic rings. The molecule has 0 aliphatic heterocycles. The summed E-state index contributed by atoms with van der Waals surface area (Å²) in [5.41, 5.74) is 3.86. The molecule has 0 saturated carbocycles. The molecule has 0 amide bonds. The van der Waals surface area contributed by atoms with Crippen molar-refractivity contribution >= 4 is 11.6 Å². The maximum absolute atomic E-state index is 13.5. The molecule has 5 rings (SSSR count). The van der Waals surface area contributed by atoms with Gasteiger partial charge in [-0.1, -0.05) is 42.5 Å². The van der Waals surface area contributed by atoms with Gasteiger partial charge in [0.1, 0.15) is 5.65 Å². The number of nitrogens with zero attached hydrogens (tertiary/aromatic N) is 4. The van der Waals surface area contributed by atoms with Gasteiger partial charge in [-0.2, -0.15) is 13.2 Å². The lowest BCUT2D eigenvalue weighted by molar-refractivity contribution is -0.137. The number of hydrogen-bond acceptors (Lipinski definition) is 5. The average molecular weight is 503 g/mol. The van der Waals surface area contributed by atoms with Gasteiger partial charge in [0.2, 0.25) is 5.95 Å². The normalized spacial score (nSPS) is 12.6. The van der Waals surface area contributed by atoms with Crippen molar-refractivity contribution in [3.05, 3.63) is 102 Å². The van der Waals surface area contributed by atoms with Crippen LogP contribution < -0.4 is 10.6 Å². The molecule has 0 spiro atoms. The van der Waals surface area contributed by atoms with Gasteiger partial charge in [0.05, 0.1) is 28.7 Å². The van der Waals surface area contributed by atoms with Crippen LogP contribution in [-0.2, 0) is 12.7 Å². The van der Waals surface area contributed by atoms with Crippen LogP contribution in [0.4, 0.5) is 19.1 Å². The highest BCUT2D eigenvalue weighted by Gasteiger charge is 2.31. The lowest BCUT2D eigenvalue weighted by Crippen LogP contribution is -2.09. The molecule has 0 bridgehead atoms. The largest absolute Gasteiger partial charge is 0.416 e. The number of rotatable bonds is 7. The summed E-state index contributed by atoms with van der Waals surface area (Å²) in [6.45, 7) is 2.65. The number of halogens is 3. The molecule has 37 heavy (non-hydrogen) atoms. The molecule has 3 aromatic heterocycles. The van der Waals surface area contributed by atoms with E-state index in [1.54, 1.807) is 18.3 Å². The summed E-state index contributed by atoms with van der Waals surface area (Å²) in [4.78, 5) is 13.9. The van der Waals surface area contributed by atoms with Crippen LogP contribution >= 0.6 is 0 Å². The molecule has 0 saturated heterocycles. The number of nitrogens with one attached hydrogen (secondary N) is 2. The Bertz CT molecular complexity index is 1530. The number of hydrogen-bond donors (Lipinski definition) is 2. The summed E-state index contributed by atoms with van der Waals surface area (Å²) in [5.74, 6) is 0.408. The monoisotopic (exact) mass is 502 g/mol. The summed E-state index contributed by atoms with van der Waals surface area (Å²) >= 11 is 0. The van der Waals surface area contributed by atoms with Gasteiger partial charge in [0.15, 0.2) is 0 Å². The summed E-state index contributed by atoms with van der Waals surface area (Å²) in [6, 6.07) is 20.7. The minimum Gasteiger partial charge on any atom is -0.348 e. The predicted molar refractivity (Wildman–Crippen MR) is 138 cm³/mol. The Hall–Kier alpha value is -4.24. The Morgan fingerprint density at radius 1 is 0.946 bits per heavy atom. The third-order valence-corrected chi connectivity index (χ3v) is 6.08. The van der Waals surface area contributed by atoms with Crippen LogP contribution in [0, 0.1) is 0 Å². The molecular formula is C28H25F3N6. The van der Waals surface area contributed by atoms with Crippen molar-refractivity contribution in [1.82, 2.24) is 24.7 Å². The number of aromatic nitrogens is 4. The molecule has 2 aromatic carbocycles. The van der Waals surface area contributed by atoms with E-state index in [0.717, 1.165) is 23.3 Å². The van der Waals surface area contributed by atoms with Gasteiger partial charge in [-0.15, -0.1) is 0 Å². The molecule has 2 N–H and O–H groups in total. The van der Waals surface area contributed by atoms with E-state index in [4.69, 9.17) is 9.97 Å². The quantitative estimate of drug-likeness (QED) is 0.271. The van der Waals surface area contributed by atoms with Gasteiger partial charge >= 0.3 is 6.18 Å². The zero-order valence-electron chi connectivity index (χ0n) is 20.3. The fourth-order valence-electron chi connectivity index (χ4n) is 4.27. The molecule has 9 heteroatoms. The predicted octanol–water partition coefficient (Wildman–Crippen LogP) is 6.37. The molecule has 3 heterocycles. The van der Waals surface area contributed by atoms with Crippen molar-refractivity contribution in [3.8, 4) is 22.6 Å². The molecular weight excluding hydrogens is 477 g/mol. The first kappa shape index (κ1) is 24.5. The van der Waals surface area contributed by atoms with E-state index in [0.29, 0.717) is 40.8 Å². The van der Waals surface area contributed by atoms with Crippen molar-refractivity contribution < 1.29 is 13.2 Å². The third kappa shape index (κ3) is 5.17. The van der Waals surface area contributed by atoms with Crippen LogP contribution in [0.1, 0.15) is 29.7 Å². The number of benzene rings is 2. The molecule has 6 nitrogen and oxygen atoms in total. The highest BCUT2D eigenvalue weighted by molar-refractivity contribution is 5.81. The van der Waals surface area contributed by atoms with E-state index in [-0.39, 0.29) is 6.04 Å². The third-order valence-electron chi connectivity index (χ3n) is 6.08. The maximum Gasteiger partial charge on any atom is 0.416 e. The topological polar surface area (TPSA) is 67.1 Å². The van der Waals surface area contributed by atoms with Gasteiger partial charge < -0.3 is 10.6 Å². The number of anilines is 1. The van der Waals surface area contributed by atoms with Crippen LogP contribution in [0.5, 0.6) is 0 Å². The highest BCUT2D eigenvalue weighted by Crippen LogP contribution is 2.36. The standard InChI is InChI=1S/C28H25F3N6/c1-18(20-7-4-3-5-8-20)34-27-33-13-11-23(35-27)26-25(21-9-6-10-22(16-21)28(29,30)31)36-24-15-19(17-32-2)12-14-37(24)26/h3-16,18,32H,17H2,1-2H3,(H,33,34,35)/t18-/m1/s1. The minimum atomic E-state index is -4.46. The Morgan fingerprint density at radius 3 is 2.51 bits per heavy atom. The van der Waals surface area contributed by atoms with Crippen molar-refractivity contribution in [3.63, 3.8) is 0 Å². The molecule has 0 fully saturated rings. The van der Waals surface area contributed by atoms with Crippen molar-refractivity contribution in [2.24, 2.45) is 0 Å². The second-order valence-electron chi connectivity index (χ2n) is 8.72. The maximum atomic E-state index is 13.5. The molecule has 0 unspecified atom stereocenters. The molecule has 188 valence electrons. The molecule has 0 aliphatic carbocycles. The van der Waals surface area contributed by atoms with E-state index in [2.05, 4.69) is 15.6 Å². The lowest BCUT2D eigenvalue weighted by atomic mass is 10.0. The molecule has 1 atom stereocenters. The van der Waals surface area contributed by atoms with Gasteiger partial charge in [-0.3, -0.25) is 4.40 Å². The Kier molecular flexibility index (Phi) is 6.62. The summed E-state index contributed by atoms with van der Waals surface area (Å²) < 4.78 is 42.4. The van der Waals surface area contributed by atoms with Crippen molar-refractivity contribution in [2.75, 3.05) is 12.4 Å². The van der Waals surface area contributed by atoms with E-state index >= 15 is 0 Å². The zero-order chi connectivity index (χ0) is 26.0. The molecule has 0 radical (unpaired) electrons.